The first-order valence-electron chi connectivity index (χ1n) is 15.1. The maximum atomic E-state index is 13.5. The minimum absolute atomic E-state index is 0.0531. The van der Waals surface area contributed by atoms with E-state index in [-0.39, 0.29) is 11.3 Å². The van der Waals surface area contributed by atoms with Gasteiger partial charge in [0.05, 0.1) is 24.8 Å². The van der Waals surface area contributed by atoms with Crippen LogP contribution >= 0.6 is 0 Å². The van der Waals surface area contributed by atoms with E-state index in [4.69, 9.17) is 14.2 Å². The monoisotopic (exact) mass is 586 g/mol. The molecule has 43 heavy (non-hydrogen) atoms. The standard InChI is InChI=1S/C35H42N2O6/c1-5-36(6-2)21-12-22-37-32(31(34(39)35(37)40)33(38)26-15-18-28(19-16-26)41-7-3)27-17-20-29(30(23-27)42-8-4)43-24-25-13-10-9-11-14-25/h9-11,13-20,23,32,38H,5-8,12,21-22,24H2,1-4H3. The van der Waals surface area contributed by atoms with E-state index in [9.17, 15) is 14.7 Å². The molecular formula is C35H42N2O6. The highest BCUT2D eigenvalue weighted by Gasteiger charge is 2.46. The number of amides is 1. The van der Waals surface area contributed by atoms with Crippen molar-refractivity contribution in [2.45, 2.75) is 46.8 Å². The SMILES string of the molecule is CCOc1ccc(C(O)=C2C(=O)C(=O)N(CCCN(CC)CC)C2c2ccc(OCc3ccccc3)c(OCC)c2)cc1. The second-order valence-corrected chi connectivity index (χ2v) is 10.2. The Hall–Kier alpha value is -4.30. The summed E-state index contributed by atoms with van der Waals surface area (Å²) < 4.78 is 17.6. The number of nitrogens with zero attached hydrogens (tertiary/aromatic N) is 2. The Morgan fingerprint density at radius 1 is 0.837 bits per heavy atom. The van der Waals surface area contributed by atoms with E-state index in [1.54, 1.807) is 35.2 Å². The van der Waals surface area contributed by atoms with Gasteiger partial charge in [-0.1, -0.05) is 50.2 Å². The van der Waals surface area contributed by atoms with E-state index in [1.165, 1.54) is 0 Å². The minimum Gasteiger partial charge on any atom is -0.507 e. The van der Waals surface area contributed by atoms with Gasteiger partial charge in [0.2, 0.25) is 0 Å². The first-order chi connectivity index (χ1) is 20.9. The van der Waals surface area contributed by atoms with Crippen LogP contribution in [-0.4, -0.2) is 66.0 Å². The summed E-state index contributed by atoms with van der Waals surface area (Å²) in [6.45, 7) is 12.2. The Bertz CT molecular complexity index is 1400. The van der Waals surface area contributed by atoms with Gasteiger partial charge in [-0.05, 0) is 87.4 Å². The van der Waals surface area contributed by atoms with Crippen LogP contribution in [0.2, 0.25) is 0 Å². The third-order valence-electron chi connectivity index (χ3n) is 7.57. The van der Waals surface area contributed by atoms with Crippen LogP contribution in [0.15, 0.2) is 78.4 Å². The normalized spacial score (nSPS) is 16.1. The summed E-state index contributed by atoms with van der Waals surface area (Å²) in [7, 11) is 0. The molecule has 1 fully saturated rings. The third-order valence-corrected chi connectivity index (χ3v) is 7.57. The number of ketones is 1. The van der Waals surface area contributed by atoms with Crippen molar-refractivity contribution in [2.24, 2.45) is 0 Å². The molecule has 1 N–H and O–H groups in total. The van der Waals surface area contributed by atoms with Crippen LogP contribution in [0.3, 0.4) is 0 Å². The number of benzene rings is 3. The van der Waals surface area contributed by atoms with E-state index < -0.39 is 17.7 Å². The maximum absolute atomic E-state index is 13.5. The Balaban J connectivity index is 1.73. The lowest BCUT2D eigenvalue weighted by Gasteiger charge is -2.27. The molecule has 0 aromatic heterocycles. The van der Waals surface area contributed by atoms with Gasteiger partial charge >= 0.3 is 0 Å². The highest BCUT2D eigenvalue weighted by Crippen LogP contribution is 2.42. The summed E-state index contributed by atoms with van der Waals surface area (Å²) in [5.41, 5.74) is 2.16. The van der Waals surface area contributed by atoms with Gasteiger partial charge in [-0.25, -0.2) is 0 Å². The van der Waals surface area contributed by atoms with E-state index in [2.05, 4.69) is 18.7 Å². The summed E-state index contributed by atoms with van der Waals surface area (Å²) in [4.78, 5) is 30.8. The number of hydrogen-bond donors (Lipinski definition) is 1. The molecule has 228 valence electrons. The fraction of sp³-hybridized carbons (Fsp3) is 0.371. The molecule has 1 aliphatic heterocycles. The van der Waals surface area contributed by atoms with Gasteiger partial charge < -0.3 is 29.1 Å². The van der Waals surface area contributed by atoms with Crippen molar-refractivity contribution >= 4 is 17.4 Å². The van der Waals surface area contributed by atoms with E-state index in [0.29, 0.717) is 61.2 Å². The van der Waals surface area contributed by atoms with Gasteiger partial charge in [-0.15, -0.1) is 0 Å². The van der Waals surface area contributed by atoms with E-state index in [0.717, 1.165) is 25.2 Å². The molecule has 1 amide bonds. The molecular weight excluding hydrogens is 544 g/mol. The largest absolute Gasteiger partial charge is 0.507 e. The van der Waals surface area contributed by atoms with Crippen molar-refractivity contribution in [2.75, 3.05) is 39.4 Å². The molecule has 0 aliphatic carbocycles. The molecule has 3 aromatic rings. The number of carbonyl (C=O) groups excluding carboxylic acids is 2. The first kappa shape index (κ1) is 31.6. The smallest absolute Gasteiger partial charge is 0.295 e. The van der Waals surface area contributed by atoms with E-state index in [1.807, 2.05) is 56.3 Å². The van der Waals surface area contributed by atoms with Crippen molar-refractivity contribution in [1.82, 2.24) is 9.80 Å². The summed E-state index contributed by atoms with van der Waals surface area (Å²) in [5, 5.41) is 11.5. The van der Waals surface area contributed by atoms with E-state index >= 15 is 0 Å². The summed E-state index contributed by atoms with van der Waals surface area (Å²) in [6, 6.07) is 21.4. The molecule has 0 saturated carbocycles. The van der Waals surface area contributed by atoms with Gasteiger partial charge in [0.1, 0.15) is 18.1 Å². The average molecular weight is 587 g/mol. The average Bonchev–Trinajstić information content (AvgIpc) is 3.28. The van der Waals surface area contributed by atoms with Crippen molar-refractivity contribution in [3.8, 4) is 17.2 Å². The molecule has 0 bridgehead atoms. The zero-order valence-electron chi connectivity index (χ0n) is 25.5. The van der Waals surface area contributed by atoms with Gasteiger partial charge in [0, 0.05) is 12.1 Å². The summed E-state index contributed by atoms with van der Waals surface area (Å²) in [5.74, 6) is 0.158. The molecule has 0 radical (unpaired) electrons. The number of Topliss-reactive ketones (excluding diaryl/α,β-unsaturated/α-hetero) is 1. The predicted molar refractivity (Wildman–Crippen MR) is 167 cm³/mol. The quantitative estimate of drug-likeness (QED) is 0.129. The van der Waals surface area contributed by atoms with Gasteiger partial charge in [0.25, 0.3) is 11.7 Å². The maximum Gasteiger partial charge on any atom is 0.295 e. The molecule has 1 saturated heterocycles. The molecule has 1 unspecified atom stereocenters. The minimum atomic E-state index is -0.786. The van der Waals surface area contributed by atoms with Crippen LogP contribution in [0.4, 0.5) is 0 Å². The third kappa shape index (κ3) is 7.56. The molecule has 8 heteroatoms. The second-order valence-electron chi connectivity index (χ2n) is 10.2. The van der Waals surface area contributed by atoms with Gasteiger partial charge in [-0.2, -0.15) is 0 Å². The Morgan fingerprint density at radius 2 is 1.53 bits per heavy atom. The number of rotatable bonds is 15. The molecule has 1 aliphatic rings. The number of aliphatic hydroxyl groups is 1. The Labute approximate surface area is 254 Å². The van der Waals surface area contributed by atoms with Gasteiger partial charge in [0.15, 0.2) is 11.5 Å². The zero-order valence-corrected chi connectivity index (χ0v) is 25.5. The molecule has 4 rings (SSSR count). The highest BCUT2D eigenvalue weighted by atomic mass is 16.5. The van der Waals surface area contributed by atoms with Crippen LogP contribution < -0.4 is 14.2 Å². The molecule has 0 spiro atoms. The molecule has 8 nitrogen and oxygen atoms in total. The van der Waals surface area contributed by atoms with Gasteiger partial charge in [-0.3, -0.25) is 9.59 Å². The second kappa shape index (κ2) is 15.3. The number of likely N-dealkylation sites (tertiary alicyclic amines) is 1. The van der Waals surface area contributed by atoms with Crippen LogP contribution in [0.25, 0.3) is 5.76 Å². The first-order valence-corrected chi connectivity index (χ1v) is 15.1. The lowest BCUT2D eigenvalue weighted by Crippen LogP contribution is -2.33. The fourth-order valence-electron chi connectivity index (χ4n) is 5.31. The van der Waals surface area contributed by atoms with Crippen LogP contribution in [0.5, 0.6) is 17.2 Å². The number of aliphatic hydroxyl groups excluding tert-OH is 1. The lowest BCUT2D eigenvalue weighted by molar-refractivity contribution is -0.140. The van der Waals surface area contributed by atoms with Crippen LogP contribution in [0, 0.1) is 0 Å². The van der Waals surface area contributed by atoms with Crippen molar-refractivity contribution in [3.63, 3.8) is 0 Å². The van der Waals surface area contributed by atoms with Crippen molar-refractivity contribution in [1.29, 1.82) is 0 Å². The zero-order chi connectivity index (χ0) is 30.8. The molecule has 1 heterocycles. The highest BCUT2D eigenvalue weighted by molar-refractivity contribution is 6.46. The topological polar surface area (TPSA) is 88.5 Å². The van der Waals surface area contributed by atoms with Crippen LogP contribution in [-0.2, 0) is 16.2 Å². The summed E-state index contributed by atoms with van der Waals surface area (Å²) >= 11 is 0. The number of carbonyl (C=O) groups is 2. The van der Waals surface area contributed by atoms with Crippen molar-refractivity contribution < 1.29 is 28.9 Å². The molecule has 1 atom stereocenters. The predicted octanol–water partition coefficient (Wildman–Crippen LogP) is 6.22. The number of ether oxygens (including phenoxy) is 3. The van der Waals surface area contributed by atoms with Crippen molar-refractivity contribution in [3.05, 3.63) is 95.1 Å². The Kier molecular flexibility index (Phi) is 11.2. The lowest BCUT2D eigenvalue weighted by atomic mass is 9.95. The molecule has 3 aromatic carbocycles. The fourth-order valence-corrected chi connectivity index (χ4v) is 5.31. The van der Waals surface area contributed by atoms with Crippen LogP contribution in [0.1, 0.15) is 56.8 Å². The Morgan fingerprint density at radius 3 is 2.19 bits per heavy atom. The summed E-state index contributed by atoms with van der Waals surface area (Å²) in [6.07, 6.45) is 0.685. The number of hydrogen-bond acceptors (Lipinski definition) is 7.